The van der Waals surface area contributed by atoms with Gasteiger partial charge in [-0.2, -0.15) is 4.37 Å². The second-order valence-corrected chi connectivity index (χ2v) is 6.59. The maximum Gasteiger partial charge on any atom is 0.205 e. The van der Waals surface area contributed by atoms with Gasteiger partial charge in [-0.05, 0) is 12.1 Å². The van der Waals surface area contributed by atoms with Gasteiger partial charge in [-0.25, -0.2) is 4.98 Å². The van der Waals surface area contributed by atoms with E-state index in [1.54, 1.807) is 0 Å². The number of rotatable bonds is 6. The van der Waals surface area contributed by atoms with Crippen molar-refractivity contribution in [2.24, 2.45) is 0 Å². The van der Waals surface area contributed by atoms with Gasteiger partial charge in [-0.15, -0.1) is 0 Å². The number of aryl methyl sites for hydroxylation is 1. The van der Waals surface area contributed by atoms with Crippen molar-refractivity contribution in [3.8, 4) is 5.75 Å². The summed E-state index contributed by atoms with van der Waals surface area (Å²) in [6, 6.07) is 7.60. The molecule has 7 heteroatoms. The van der Waals surface area contributed by atoms with Crippen LogP contribution < -0.4 is 9.64 Å². The Balaban J connectivity index is 1.42. The summed E-state index contributed by atoms with van der Waals surface area (Å²) in [4.78, 5) is 9.30. The third-order valence-corrected chi connectivity index (χ3v) is 5.05. The molecule has 0 bridgehead atoms. The van der Waals surface area contributed by atoms with Crippen LogP contribution in [0, 0.1) is 0 Å². The van der Waals surface area contributed by atoms with Crippen molar-refractivity contribution in [2.45, 2.75) is 13.3 Å². The number of hydrogen-bond donors (Lipinski definition) is 0. The van der Waals surface area contributed by atoms with Crippen molar-refractivity contribution >= 4 is 28.3 Å². The molecule has 1 aromatic carbocycles. The maximum absolute atomic E-state index is 6.09. The fourth-order valence-electron chi connectivity index (χ4n) is 2.53. The Morgan fingerprint density at radius 3 is 2.70 bits per heavy atom. The van der Waals surface area contributed by atoms with Crippen LogP contribution in [0.4, 0.5) is 5.13 Å². The van der Waals surface area contributed by atoms with Crippen LogP contribution in [0.3, 0.4) is 0 Å². The van der Waals surface area contributed by atoms with Gasteiger partial charge in [-0.3, -0.25) is 4.90 Å². The quantitative estimate of drug-likeness (QED) is 0.799. The first kappa shape index (κ1) is 16.5. The second kappa shape index (κ2) is 7.95. The molecule has 0 atom stereocenters. The molecule has 124 valence electrons. The minimum atomic E-state index is 0.655. The summed E-state index contributed by atoms with van der Waals surface area (Å²) < 4.78 is 10.1. The summed E-state index contributed by atoms with van der Waals surface area (Å²) in [6.45, 7) is 7.68. The SMILES string of the molecule is CCc1nsc(N2CCN(CCOc3ccccc3Cl)CC2)n1. The van der Waals surface area contributed by atoms with Gasteiger partial charge in [0, 0.05) is 50.7 Å². The zero-order valence-electron chi connectivity index (χ0n) is 13.2. The van der Waals surface area contributed by atoms with Crippen LogP contribution in [-0.2, 0) is 6.42 Å². The molecule has 0 aliphatic carbocycles. The zero-order chi connectivity index (χ0) is 16.1. The highest BCUT2D eigenvalue weighted by Crippen LogP contribution is 2.23. The molecule has 0 radical (unpaired) electrons. The Hall–Kier alpha value is -1.37. The number of anilines is 1. The lowest BCUT2D eigenvalue weighted by Crippen LogP contribution is -2.47. The molecule has 0 unspecified atom stereocenters. The van der Waals surface area contributed by atoms with E-state index >= 15 is 0 Å². The summed E-state index contributed by atoms with van der Waals surface area (Å²) in [7, 11) is 0. The number of ether oxygens (including phenoxy) is 1. The van der Waals surface area contributed by atoms with E-state index in [1.807, 2.05) is 24.3 Å². The molecule has 23 heavy (non-hydrogen) atoms. The Labute approximate surface area is 146 Å². The lowest BCUT2D eigenvalue weighted by atomic mass is 10.3. The van der Waals surface area contributed by atoms with Crippen molar-refractivity contribution in [2.75, 3.05) is 44.2 Å². The van der Waals surface area contributed by atoms with Gasteiger partial charge in [-0.1, -0.05) is 30.7 Å². The summed E-state index contributed by atoms with van der Waals surface area (Å²) in [5.74, 6) is 1.70. The molecule has 1 fully saturated rings. The van der Waals surface area contributed by atoms with Crippen LogP contribution >= 0.6 is 23.1 Å². The smallest absolute Gasteiger partial charge is 0.205 e. The molecule has 1 aromatic heterocycles. The summed E-state index contributed by atoms with van der Waals surface area (Å²) in [5, 5.41) is 1.72. The average molecular weight is 353 g/mol. The number of halogens is 1. The Morgan fingerprint density at radius 1 is 1.22 bits per heavy atom. The van der Waals surface area contributed by atoms with Crippen LogP contribution in [0.2, 0.25) is 5.02 Å². The van der Waals surface area contributed by atoms with Gasteiger partial charge in [0.25, 0.3) is 0 Å². The molecule has 0 saturated carbocycles. The lowest BCUT2D eigenvalue weighted by Gasteiger charge is -2.34. The standard InChI is InChI=1S/C16H21ClN4OS/c1-2-15-18-16(23-19-15)21-9-7-20(8-10-21)11-12-22-14-6-4-3-5-13(14)17/h3-6H,2,7-12H2,1H3. The predicted molar refractivity (Wildman–Crippen MR) is 94.9 cm³/mol. The first-order valence-corrected chi connectivity index (χ1v) is 9.08. The monoisotopic (exact) mass is 352 g/mol. The highest BCUT2D eigenvalue weighted by atomic mass is 35.5. The molecular weight excluding hydrogens is 332 g/mol. The maximum atomic E-state index is 6.09. The van der Waals surface area contributed by atoms with Gasteiger partial charge in [0.2, 0.25) is 5.13 Å². The van der Waals surface area contributed by atoms with E-state index < -0.39 is 0 Å². The third-order valence-electron chi connectivity index (χ3n) is 3.92. The topological polar surface area (TPSA) is 41.5 Å². The van der Waals surface area contributed by atoms with Gasteiger partial charge in [0.05, 0.1) is 5.02 Å². The number of aromatic nitrogens is 2. The van der Waals surface area contributed by atoms with E-state index in [1.165, 1.54) is 11.5 Å². The van der Waals surface area contributed by atoms with E-state index in [9.17, 15) is 0 Å². The molecule has 2 heterocycles. The van der Waals surface area contributed by atoms with Crippen molar-refractivity contribution < 1.29 is 4.74 Å². The van der Waals surface area contributed by atoms with Gasteiger partial charge in [0.1, 0.15) is 18.2 Å². The number of piperazine rings is 1. The normalized spacial score (nSPS) is 15.8. The van der Waals surface area contributed by atoms with E-state index in [-0.39, 0.29) is 0 Å². The Kier molecular flexibility index (Phi) is 5.70. The van der Waals surface area contributed by atoms with Crippen molar-refractivity contribution in [1.29, 1.82) is 0 Å². The van der Waals surface area contributed by atoms with Crippen LogP contribution in [0.5, 0.6) is 5.75 Å². The van der Waals surface area contributed by atoms with Gasteiger partial charge < -0.3 is 9.64 Å². The average Bonchev–Trinajstić information content (AvgIpc) is 3.06. The van der Waals surface area contributed by atoms with Crippen LogP contribution in [-0.4, -0.2) is 53.6 Å². The van der Waals surface area contributed by atoms with Gasteiger partial charge in [0.15, 0.2) is 0 Å². The third kappa shape index (κ3) is 4.34. The number of benzene rings is 1. The molecule has 0 spiro atoms. The number of nitrogens with zero attached hydrogens (tertiary/aromatic N) is 4. The highest BCUT2D eigenvalue weighted by Gasteiger charge is 2.19. The minimum absolute atomic E-state index is 0.655. The molecule has 0 amide bonds. The van der Waals surface area contributed by atoms with Crippen LogP contribution in [0.15, 0.2) is 24.3 Å². The second-order valence-electron chi connectivity index (χ2n) is 5.45. The predicted octanol–water partition coefficient (Wildman–Crippen LogP) is 2.95. The van der Waals surface area contributed by atoms with Crippen LogP contribution in [0.1, 0.15) is 12.7 Å². The van der Waals surface area contributed by atoms with Crippen LogP contribution in [0.25, 0.3) is 0 Å². The van der Waals surface area contributed by atoms with Crippen molar-refractivity contribution in [3.63, 3.8) is 0 Å². The fourth-order valence-corrected chi connectivity index (χ4v) is 3.52. The fraction of sp³-hybridized carbons (Fsp3) is 0.500. The molecule has 5 nitrogen and oxygen atoms in total. The molecule has 3 rings (SSSR count). The zero-order valence-corrected chi connectivity index (χ0v) is 14.8. The van der Waals surface area contributed by atoms with Crippen molar-refractivity contribution in [1.82, 2.24) is 14.3 Å². The Morgan fingerprint density at radius 2 is 2.00 bits per heavy atom. The first-order chi connectivity index (χ1) is 11.3. The first-order valence-electron chi connectivity index (χ1n) is 7.93. The summed E-state index contributed by atoms with van der Waals surface area (Å²) in [6.07, 6.45) is 0.899. The molecule has 0 N–H and O–H groups in total. The molecule has 1 aliphatic rings. The number of para-hydroxylation sites is 1. The van der Waals surface area contributed by atoms with E-state index in [4.69, 9.17) is 16.3 Å². The highest BCUT2D eigenvalue weighted by molar-refractivity contribution is 7.09. The molecule has 1 saturated heterocycles. The summed E-state index contributed by atoms with van der Waals surface area (Å²) >= 11 is 7.60. The number of hydrogen-bond acceptors (Lipinski definition) is 6. The molecule has 1 aliphatic heterocycles. The molecule has 2 aromatic rings. The van der Waals surface area contributed by atoms with Gasteiger partial charge >= 0.3 is 0 Å². The molecular formula is C16H21ClN4OS. The Bertz CT molecular complexity index is 628. The van der Waals surface area contributed by atoms with E-state index in [0.717, 1.165) is 55.9 Å². The largest absolute Gasteiger partial charge is 0.491 e. The van der Waals surface area contributed by atoms with Crippen molar-refractivity contribution in [3.05, 3.63) is 35.1 Å². The lowest BCUT2D eigenvalue weighted by molar-refractivity contribution is 0.200. The van der Waals surface area contributed by atoms with E-state index in [2.05, 4.69) is 26.1 Å². The minimum Gasteiger partial charge on any atom is -0.491 e. The van der Waals surface area contributed by atoms with E-state index in [0.29, 0.717) is 11.6 Å². The summed E-state index contributed by atoms with van der Waals surface area (Å²) in [5.41, 5.74) is 0.